The predicted octanol–water partition coefficient (Wildman–Crippen LogP) is 2.21. The predicted molar refractivity (Wildman–Crippen MR) is 94.6 cm³/mol. The zero-order chi connectivity index (χ0) is 16.6. The van der Waals surface area contributed by atoms with Gasteiger partial charge in [0.25, 0.3) is 0 Å². The Labute approximate surface area is 146 Å². The van der Waals surface area contributed by atoms with Crippen molar-refractivity contribution in [1.82, 2.24) is 29.7 Å². The molecule has 25 heavy (non-hydrogen) atoms. The molecular formula is C18H24N6O. The third kappa shape index (κ3) is 2.81. The molecule has 7 nitrogen and oxygen atoms in total. The lowest BCUT2D eigenvalue weighted by molar-refractivity contribution is 0.0273. The zero-order valence-electron chi connectivity index (χ0n) is 14.4. The Morgan fingerprint density at radius 3 is 2.84 bits per heavy atom. The summed E-state index contributed by atoms with van der Waals surface area (Å²) in [4.78, 5) is 10.1. The lowest BCUT2D eigenvalue weighted by Crippen LogP contribution is -2.40. The number of fused-ring (bicyclic) bond motifs is 3. The van der Waals surface area contributed by atoms with E-state index in [4.69, 9.17) is 4.74 Å². The Morgan fingerprint density at radius 2 is 2.00 bits per heavy atom. The first-order chi connectivity index (χ1) is 12.4. The summed E-state index contributed by atoms with van der Waals surface area (Å²) in [5, 5.41) is 9.95. The molecule has 0 atom stereocenters. The second-order valence-electron chi connectivity index (χ2n) is 7.38. The highest BCUT2D eigenvalue weighted by atomic mass is 16.5. The Morgan fingerprint density at radius 1 is 1.16 bits per heavy atom. The molecule has 1 N–H and O–H groups in total. The number of rotatable bonds is 3. The molecule has 5 rings (SSSR count). The van der Waals surface area contributed by atoms with E-state index in [2.05, 4.69) is 31.2 Å². The summed E-state index contributed by atoms with van der Waals surface area (Å²) in [5.41, 5.74) is 3.19. The van der Waals surface area contributed by atoms with Crippen LogP contribution in [0, 0.1) is 5.92 Å². The normalized spacial score (nSPS) is 25.8. The van der Waals surface area contributed by atoms with Gasteiger partial charge in [-0.25, -0.2) is 9.50 Å². The van der Waals surface area contributed by atoms with Crippen LogP contribution < -0.4 is 0 Å². The van der Waals surface area contributed by atoms with E-state index < -0.39 is 0 Å². The highest BCUT2D eigenvalue weighted by molar-refractivity contribution is 5.92. The fourth-order valence-corrected chi connectivity index (χ4v) is 4.46. The van der Waals surface area contributed by atoms with Crippen LogP contribution in [0.25, 0.3) is 16.6 Å². The number of hydrogen-bond donors (Lipinski definition) is 1. The van der Waals surface area contributed by atoms with Crippen LogP contribution in [-0.2, 0) is 4.74 Å². The van der Waals surface area contributed by atoms with Crippen molar-refractivity contribution in [2.45, 2.75) is 31.6 Å². The highest BCUT2D eigenvalue weighted by Gasteiger charge is 2.28. The smallest absolute Gasteiger partial charge is 0.141 e. The highest BCUT2D eigenvalue weighted by Crippen LogP contribution is 2.37. The molecule has 1 aliphatic heterocycles. The van der Waals surface area contributed by atoms with Crippen molar-refractivity contribution >= 4 is 16.6 Å². The molecule has 1 saturated heterocycles. The number of ether oxygens (including phenoxy) is 1. The molecule has 2 aliphatic rings. The Kier molecular flexibility index (Phi) is 3.90. The summed E-state index contributed by atoms with van der Waals surface area (Å²) in [6.07, 6.45) is 8.67. The Balaban J connectivity index is 1.32. The first-order valence-corrected chi connectivity index (χ1v) is 9.35. The summed E-state index contributed by atoms with van der Waals surface area (Å²) >= 11 is 0. The van der Waals surface area contributed by atoms with Crippen molar-refractivity contribution in [2.75, 3.05) is 32.8 Å². The van der Waals surface area contributed by atoms with Gasteiger partial charge in [-0.3, -0.25) is 4.90 Å². The van der Waals surface area contributed by atoms with Crippen LogP contribution in [0.4, 0.5) is 0 Å². The second kappa shape index (κ2) is 6.38. The van der Waals surface area contributed by atoms with Crippen LogP contribution >= 0.6 is 0 Å². The second-order valence-corrected chi connectivity index (χ2v) is 7.38. The average Bonchev–Trinajstić information content (AvgIpc) is 3.29. The number of nitrogens with one attached hydrogen (secondary N) is 1. The molecule has 0 radical (unpaired) electrons. The summed E-state index contributed by atoms with van der Waals surface area (Å²) < 4.78 is 7.28. The lowest BCUT2D eigenvalue weighted by Gasteiger charge is -2.34. The van der Waals surface area contributed by atoms with Gasteiger partial charge in [-0.2, -0.15) is 0 Å². The van der Waals surface area contributed by atoms with E-state index in [0.717, 1.165) is 54.5 Å². The molecule has 0 bridgehead atoms. The largest absolute Gasteiger partial charge is 0.379 e. The van der Waals surface area contributed by atoms with Gasteiger partial charge >= 0.3 is 0 Å². The molecule has 132 valence electrons. The molecule has 4 heterocycles. The van der Waals surface area contributed by atoms with Crippen molar-refractivity contribution in [2.24, 2.45) is 5.92 Å². The molecule has 1 aliphatic carbocycles. The van der Waals surface area contributed by atoms with Gasteiger partial charge in [-0.1, -0.05) is 5.21 Å². The van der Waals surface area contributed by atoms with Crippen molar-refractivity contribution < 1.29 is 4.74 Å². The van der Waals surface area contributed by atoms with E-state index in [1.807, 2.05) is 10.7 Å². The van der Waals surface area contributed by atoms with E-state index >= 15 is 0 Å². The standard InChI is InChI=1S/C18H24N6O/c1-3-14(4-2-13(1)11-23-7-9-25-10-8-23)16-17-15-5-6-19-18(15)20-12-24(17)22-21-16/h5-6,12-14,19H,1-4,7-11H2. The fraction of sp³-hybridized carbons (Fsp3) is 0.611. The molecule has 7 heteroatoms. The van der Waals surface area contributed by atoms with E-state index in [1.165, 1.54) is 32.2 Å². The monoisotopic (exact) mass is 340 g/mol. The van der Waals surface area contributed by atoms with Gasteiger partial charge in [0.2, 0.25) is 0 Å². The number of morpholine rings is 1. The first kappa shape index (κ1) is 15.3. The number of hydrogen-bond acceptors (Lipinski definition) is 5. The summed E-state index contributed by atoms with van der Waals surface area (Å²) in [5.74, 6) is 1.32. The minimum atomic E-state index is 0.513. The molecule has 0 spiro atoms. The van der Waals surface area contributed by atoms with Crippen molar-refractivity contribution in [3.63, 3.8) is 0 Å². The molecule has 3 aromatic heterocycles. The average molecular weight is 340 g/mol. The van der Waals surface area contributed by atoms with Crippen LogP contribution in [0.1, 0.15) is 37.3 Å². The maximum atomic E-state index is 5.46. The van der Waals surface area contributed by atoms with Gasteiger partial charge in [0, 0.05) is 37.1 Å². The number of aromatic nitrogens is 5. The van der Waals surface area contributed by atoms with Gasteiger partial charge in [-0.05, 0) is 37.7 Å². The number of aromatic amines is 1. The van der Waals surface area contributed by atoms with E-state index in [9.17, 15) is 0 Å². The van der Waals surface area contributed by atoms with Crippen LogP contribution in [-0.4, -0.2) is 62.5 Å². The summed E-state index contributed by atoms with van der Waals surface area (Å²) in [6.45, 7) is 5.19. The van der Waals surface area contributed by atoms with E-state index in [1.54, 1.807) is 6.33 Å². The van der Waals surface area contributed by atoms with Gasteiger partial charge in [-0.15, -0.1) is 5.10 Å². The van der Waals surface area contributed by atoms with Gasteiger partial charge < -0.3 is 9.72 Å². The Bertz CT molecular complexity index is 857. The number of nitrogens with zero attached hydrogens (tertiary/aromatic N) is 5. The van der Waals surface area contributed by atoms with Crippen LogP contribution in [0.2, 0.25) is 0 Å². The van der Waals surface area contributed by atoms with Crippen LogP contribution in [0.5, 0.6) is 0 Å². The zero-order valence-corrected chi connectivity index (χ0v) is 14.4. The SMILES string of the molecule is c1cc2c(ncn3nnc(C4CCC(CN5CCOCC5)CC4)c23)[nH]1. The summed E-state index contributed by atoms with van der Waals surface area (Å²) in [6, 6.07) is 2.08. The lowest BCUT2D eigenvalue weighted by atomic mass is 9.80. The topological polar surface area (TPSA) is 71.3 Å². The van der Waals surface area contributed by atoms with Gasteiger partial charge in [0.05, 0.1) is 18.9 Å². The molecule has 0 unspecified atom stereocenters. The molecule has 2 fully saturated rings. The van der Waals surface area contributed by atoms with Crippen LogP contribution in [0.3, 0.4) is 0 Å². The maximum Gasteiger partial charge on any atom is 0.141 e. The van der Waals surface area contributed by atoms with E-state index in [-0.39, 0.29) is 0 Å². The minimum Gasteiger partial charge on any atom is -0.379 e. The van der Waals surface area contributed by atoms with Gasteiger partial charge in [0.1, 0.15) is 17.5 Å². The summed E-state index contributed by atoms with van der Waals surface area (Å²) in [7, 11) is 0. The van der Waals surface area contributed by atoms with E-state index in [0.29, 0.717) is 5.92 Å². The third-order valence-corrected chi connectivity index (χ3v) is 5.85. The quantitative estimate of drug-likeness (QED) is 0.791. The molecule has 0 aromatic carbocycles. The molecular weight excluding hydrogens is 316 g/mol. The molecule has 1 saturated carbocycles. The molecule has 0 amide bonds. The maximum absolute atomic E-state index is 5.46. The Hall–Kier alpha value is -1.99. The third-order valence-electron chi connectivity index (χ3n) is 5.85. The first-order valence-electron chi connectivity index (χ1n) is 9.35. The van der Waals surface area contributed by atoms with Crippen molar-refractivity contribution in [1.29, 1.82) is 0 Å². The number of H-pyrrole nitrogens is 1. The van der Waals surface area contributed by atoms with Crippen LogP contribution in [0.15, 0.2) is 18.6 Å². The van der Waals surface area contributed by atoms with Crippen molar-refractivity contribution in [3.8, 4) is 0 Å². The van der Waals surface area contributed by atoms with Gasteiger partial charge in [0.15, 0.2) is 0 Å². The minimum absolute atomic E-state index is 0.513. The van der Waals surface area contributed by atoms with Crippen molar-refractivity contribution in [3.05, 3.63) is 24.3 Å². The molecule has 3 aromatic rings. The fourth-order valence-electron chi connectivity index (χ4n) is 4.46.